The van der Waals surface area contributed by atoms with Crippen LogP contribution in [-0.2, 0) is 6.42 Å². The Kier molecular flexibility index (Phi) is 1.75. The topological polar surface area (TPSA) is 28.7 Å². The summed E-state index contributed by atoms with van der Waals surface area (Å²) in [6.07, 6.45) is 4.09. The highest BCUT2D eigenvalue weighted by atomic mass is 32.1. The lowest BCUT2D eigenvalue weighted by Gasteiger charge is -1.80. The van der Waals surface area contributed by atoms with E-state index in [1.165, 1.54) is 0 Å². The average Bonchev–Trinajstić information content (AvgIpc) is 2.19. The largest absolute Gasteiger partial charge is 0.348 e. The summed E-state index contributed by atoms with van der Waals surface area (Å²) in [5.74, 6) is 0.875. The van der Waals surface area contributed by atoms with Gasteiger partial charge in [0.25, 0.3) is 0 Å². The molecule has 2 nitrogen and oxygen atoms in total. The zero-order valence-electron chi connectivity index (χ0n) is 4.22. The van der Waals surface area contributed by atoms with E-state index in [1.807, 2.05) is 0 Å². The van der Waals surface area contributed by atoms with Crippen molar-refractivity contribution in [2.75, 3.05) is 0 Å². The molecule has 0 aliphatic heterocycles. The van der Waals surface area contributed by atoms with Crippen LogP contribution in [0.1, 0.15) is 5.82 Å². The van der Waals surface area contributed by atoms with Crippen LogP contribution in [0.5, 0.6) is 0 Å². The second-order valence-corrected chi connectivity index (χ2v) is 1.65. The second kappa shape index (κ2) is 2.57. The molecule has 0 bridgehead atoms. The molecule has 0 aromatic carbocycles. The van der Waals surface area contributed by atoms with E-state index in [0.717, 1.165) is 5.82 Å². The van der Waals surface area contributed by atoms with Gasteiger partial charge in [-0.25, -0.2) is 4.98 Å². The Morgan fingerprint density at radius 3 is 3.25 bits per heavy atom. The summed E-state index contributed by atoms with van der Waals surface area (Å²) in [4.78, 5) is 6.82. The van der Waals surface area contributed by atoms with Gasteiger partial charge in [-0.2, -0.15) is 0 Å². The summed E-state index contributed by atoms with van der Waals surface area (Å²) in [6, 6.07) is 0. The third-order valence-corrected chi connectivity index (χ3v) is 0.939. The van der Waals surface area contributed by atoms with Crippen LogP contribution in [0.4, 0.5) is 0 Å². The lowest BCUT2D eigenvalue weighted by molar-refractivity contribution is 1.11. The van der Waals surface area contributed by atoms with Gasteiger partial charge in [0.15, 0.2) is 0 Å². The van der Waals surface area contributed by atoms with Gasteiger partial charge in [-0.15, -0.1) is 0 Å². The number of aromatic nitrogens is 2. The molecule has 1 radical (unpaired) electrons. The van der Waals surface area contributed by atoms with Crippen molar-refractivity contribution < 1.29 is 0 Å². The van der Waals surface area contributed by atoms with E-state index >= 15 is 0 Å². The molecule has 1 aromatic heterocycles. The van der Waals surface area contributed by atoms with Gasteiger partial charge in [0.2, 0.25) is 0 Å². The summed E-state index contributed by atoms with van der Waals surface area (Å²) in [6.45, 7) is 0. The number of nitrogens with one attached hydrogen (secondary N) is 1. The Hall–Kier alpha value is -0.700. The lowest BCUT2D eigenvalue weighted by Crippen LogP contribution is -1.84. The van der Waals surface area contributed by atoms with Crippen molar-refractivity contribution in [3.05, 3.63) is 18.2 Å². The molecule has 3 heteroatoms. The minimum atomic E-state index is 0.627. The molecular formula is C5H5N2S. The Labute approximate surface area is 52.9 Å². The van der Waals surface area contributed by atoms with E-state index in [1.54, 1.807) is 12.4 Å². The van der Waals surface area contributed by atoms with Crippen molar-refractivity contribution in [2.24, 2.45) is 0 Å². The van der Waals surface area contributed by atoms with Crippen LogP contribution in [0.15, 0.2) is 12.4 Å². The van der Waals surface area contributed by atoms with Crippen molar-refractivity contribution in [1.29, 1.82) is 0 Å². The molecule has 0 aliphatic rings. The molecular weight excluding hydrogens is 120 g/mol. The number of hydrogen-bond acceptors (Lipinski definition) is 2. The van der Waals surface area contributed by atoms with Gasteiger partial charge < -0.3 is 4.98 Å². The SMILES string of the molecule is S=[C]Cc1ncc[nH]1. The fourth-order valence-electron chi connectivity index (χ4n) is 0.463. The molecule has 1 N–H and O–H groups in total. The minimum Gasteiger partial charge on any atom is -0.348 e. The fourth-order valence-corrected chi connectivity index (χ4v) is 0.600. The van der Waals surface area contributed by atoms with Crippen LogP contribution in [0.2, 0.25) is 0 Å². The highest BCUT2D eigenvalue weighted by Crippen LogP contribution is 1.85. The number of aromatic amines is 1. The highest BCUT2D eigenvalue weighted by Gasteiger charge is 1.86. The maximum Gasteiger partial charge on any atom is 0.111 e. The second-order valence-electron chi connectivity index (χ2n) is 1.36. The minimum absolute atomic E-state index is 0.627. The zero-order valence-corrected chi connectivity index (χ0v) is 5.03. The summed E-state index contributed by atoms with van der Waals surface area (Å²) < 4.78 is 0. The standard InChI is InChI=1S/C5H5N2S/c8-4-1-5-6-2-3-7-5/h2-3H,1H2,(H,6,7). The quantitative estimate of drug-likeness (QED) is 0.593. The molecule has 0 saturated carbocycles. The molecule has 0 fully saturated rings. The molecule has 41 valence electrons. The molecule has 0 amide bonds. The van der Waals surface area contributed by atoms with Crippen LogP contribution < -0.4 is 0 Å². The highest BCUT2D eigenvalue weighted by molar-refractivity contribution is 7.78. The van der Waals surface area contributed by atoms with E-state index < -0.39 is 0 Å². The monoisotopic (exact) mass is 125 g/mol. The van der Waals surface area contributed by atoms with E-state index in [0.29, 0.717) is 6.42 Å². The Morgan fingerprint density at radius 1 is 1.88 bits per heavy atom. The average molecular weight is 125 g/mol. The van der Waals surface area contributed by atoms with Crippen LogP contribution >= 0.6 is 12.2 Å². The molecule has 8 heavy (non-hydrogen) atoms. The van der Waals surface area contributed by atoms with Crippen molar-refractivity contribution in [3.8, 4) is 0 Å². The van der Waals surface area contributed by atoms with E-state index in [4.69, 9.17) is 0 Å². The number of imidazole rings is 1. The molecule has 0 atom stereocenters. The van der Waals surface area contributed by atoms with Crippen LogP contribution in [0.25, 0.3) is 0 Å². The molecule has 0 spiro atoms. The van der Waals surface area contributed by atoms with Crippen LogP contribution in [0.3, 0.4) is 0 Å². The van der Waals surface area contributed by atoms with Gasteiger partial charge in [0.1, 0.15) is 5.82 Å². The number of H-pyrrole nitrogens is 1. The fraction of sp³-hybridized carbons (Fsp3) is 0.200. The summed E-state index contributed by atoms with van der Waals surface area (Å²) in [5, 5.41) is 2.56. The molecule has 1 heterocycles. The van der Waals surface area contributed by atoms with Gasteiger partial charge in [0.05, 0.1) is 0 Å². The van der Waals surface area contributed by atoms with Crippen molar-refractivity contribution >= 4 is 17.6 Å². The summed E-state index contributed by atoms with van der Waals surface area (Å²) in [7, 11) is 0. The first-order valence-corrected chi connectivity index (χ1v) is 2.67. The third-order valence-electron chi connectivity index (χ3n) is 0.794. The van der Waals surface area contributed by atoms with Crippen molar-refractivity contribution in [2.45, 2.75) is 6.42 Å². The summed E-state index contributed by atoms with van der Waals surface area (Å²) >= 11 is 4.49. The first-order valence-electron chi connectivity index (χ1n) is 2.27. The zero-order chi connectivity index (χ0) is 5.82. The molecule has 0 aliphatic carbocycles. The van der Waals surface area contributed by atoms with Gasteiger partial charge in [-0.3, -0.25) is 0 Å². The maximum atomic E-state index is 4.49. The van der Waals surface area contributed by atoms with Crippen LogP contribution in [0, 0.1) is 0 Å². The Bertz CT molecular complexity index is 157. The number of rotatable bonds is 2. The van der Waals surface area contributed by atoms with Gasteiger partial charge >= 0.3 is 0 Å². The number of thiocarbonyl (C=S) groups is 1. The number of hydrogen-bond donors (Lipinski definition) is 1. The van der Waals surface area contributed by atoms with E-state index in [9.17, 15) is 0 Å². The van der Waals surface area contributed by atoms with Gasteiger partial charge in [0, 0.05) is 24.2 Å². The summed E-state index contributed by atoms with van der Waals surface area (Å²) in [5.41, 5.74) is 0. The van der Waals surface area contributed by atoms with Gasteiger partial charge in [-0.1, -0.05) is 12.2 Å². The van der Waals surface area contributed by atoms with E-state index in [-0.39, 0.29) is 0 Å². The first kappa shape index (κ1) is 5.44. The normalized spacial score (nSPS) is 9.00. The molecule has 1 aromatic rings. The molecule has 0 saturated heterocycles. The smallest absolute Gasteiger partial charge is 0.111 e. The third kappa shape index (κ3) is 1.13. The Balaban J connectivity index is 2.62. The van der Waals surface area contributed by atoms with Gasteiger partial charge in [-0.05, 0) is 0 Å². The van der Waals surface area contributed by atoms with Crippen molar-refractivity contribution in [1.82, 2.24) is 9.97 Å². The molecule has 0 unspecified atom stereocenters. The lowest BCUT2D eigenvalue weighted by atomic mass is 10.5. The number of nitrogens with zero attached hydrogens (tertiary/aromatic N) is 1. The van der Waals surface area contributed by atoms with E-state index in [2.05, 4.69) is 27.6 Å². The molecule has 1 rings (SSSR count). The Morgan fingerprint density at radius 2 is 2.75 bits per heavy atom. The first-order chi connectivity index (χ1) is 3.93. The van der Waals surface area contributed by atoms with Crippen molar-refractivity contribution in [3.63, 3.8) is 0 Å². The van der Waals surface area contributed by atoms with Crippen LogP contribution in [-0.4, -0.2) is 15.3 Å². The predicted molar refractivity (Wildman–Crippen MR) is 34.9 cm³/mol. The maximum absolute atomic E-state index is 4.49. The predicted octanol–water partition coefficient (Wildman–Crippen LogP) is 0.829.